The van der Waals surface area contributed by atoms with Crippen molar-refractivity contribution in [2.45, 2.75) is 45.4 Å². The number of carbonyl (C=O) groups excluding carboxylic acids is 1. The second kappa shape index (κ2) is 10.2. The van der Waals surface area contributed by atoms with Gasteiger partial charge in [-0.2, -0.15) is 0 Å². The molecular formula is C12H22O2S. The molecule has 0 unspecified atom stereocenters. The van der Waals surface area contributed by atoms with Gasteiger partial charge in [-0.1, -0.05) is 44.0 Å². The van der Waals surface area contributed by atoms with Crippen LogP contribution in [0.1, 0.15) is 45.4 Å². The van der Waals surface area contributed by atoms with E-state index in [1.807, 2.05) is 0 Å². The van der Waals surface area contributed by atoms with Gasteiger partial charge in [0.2, 0.25) is 5.12 Å². The van der Waals surface area contributed by atoms with E-state index in [1.165, 1.54) is 31.0 Å². The fourth-order valence-corrected chi connectivity index (χ4v) is 1.99. The number of hydrogen-bond acceptors (Lipinski definition) is 3. The zero-order valence-electron chi connectivity index (χ0n) is 9.63. The number of rotatable bonds is 9. The van der Waals surface area contributed by atoms with E-state index in [2.05, 4.69) is 6.58 Å². The largest absolute Gasteiger partial charge is 0.396 e. The molecule has 0 aromatic rings. The molecule has 0 spiro atoms. The van der Waals surface area contributed by atoms with Gasteiger partial charge in [0, 0.05) is 12.4 Å². The molecule has 88 valence electrons. The smallest absolute Gasteiger partial charge is 0.214 e. The summed E-state index contributed by atoms with van der Waals surface area (Å²) in [7, 11) is 0. The van der Waals surface area contributed by atoms with Gasteiger partial charge in [-0.3, -0.25) is 4.79 Å². The maximum absolute atomic E-state index is 11.2. The van der Waals surface area contributed by atoms with Crippen LogP contribution < -0.4 is 0 Å². The molecule has 0 aliphatic carbocycles. The fourth-order valence-electron chi connectivity index (χ4n) is 1.21. The van der Waals surface area contributed by atoms with Crippen molar-refractivity contribution in [1.82, 2.24) is 0 Å². The molecule has 0 heterocycles. The highest BCUT2D eigenvalue weighted by Gasteiger charge is 2.01. The Morgan fingerprint density at radius 1 is 1.13 bits per heavy atom. The second-order valence-corrected chi connectivity index (χ2v) is 4.83. The van der Waals surface area contributed by atoms with Gasteiger partial charge in [0.05, 0.1) is 0 Å². The highest BCUT2D eigenvalue weighted by atomic mass is 32.2. The van der Waals surface area contributed by atoms with Gasteiger partial charge in [-0.25, -0.2) is 0 Å². The molecule has 0 fully saturated rings. The third-order valence-electron chi connectivity index (χ3n) is 2.13. The Kier molecular flexibility index (Phi) is 10.1. The van der Waals surface area contributed by atoms with Crippen molar-refractivity contribution >= 4 is 16.9 Å². The molecule has 0 radical (unpaired) electrons. The van der Waals surface area contributed by atoms with E-state index >= 15 is 0 Å². The average molecular weight is 230 g/mol. The van der Waals surface area contributed by atoms with E-state index in [1.54, 1.807) is 6.92 Å². The summed E-state index contributed by atoms with van der Waals surface area (Å²) in [5.41, 5.74) is 0.642. The van der Waals surface area contributed by atoms with Gasteiger partial charge >= 0.3 is 0 Å². The van der Waals surface area contributed by atoms with Gasteiger partial charge in [-0.15, -0.1) is 0 Å². The number of hydrogen-bond donors (Lipinski definition) is 1. The summed E-state index contributed by atoms with van der Waals surface area (Å²) in [6.07, 6.45) is 6.73. The van der Waals surface area contributed by atoms with Crippen molar-refractivity contribution in [3.8, 4) is 0 Å². The Morgan fingerprint density at radius 2 is 1.67 bits per heavy atom. The number of thioether (sulfide) groups is 1. The zero-order valence-corrected chi connectivity index (χ0v) is 10.4. The molecule has 0 aliphatic rings. The lowest BCUT2D eigenvalue weighted by molar-refractivity contribution is -0.107. The van der Waals surface area contributed by atoms with E-state index in [4.69, 9.17) is 5.11 Å². The number of carbonyl (C=O) groups is 1. The lowest BCUT2D eigenvalue weighted by atomic mass is 10.1. The normalized spacial score (nSPS) is 10.3. The van der Waals surface area contributed by atoms with Gasteiger partial charge in [0.1, 0.15) is 0 Å². The van der Waals surface area contributed by atoms with Crippen LogP contribution in [0.4, 0.5) is 0 Å². The summed E-state index contributed by atoms with van der Waals surface area (Å²) in [6.45, 7) is 5.67. The van der Waals surface area contributed by atoms with E-state index in [9.17, 15) is 4.79 Å². The van der Waals surface area contributed by atoms with Crippen molar-refractivity contribution in [1.29, 1.82) is 0 Å². The van der Waals surface area contributed by atoms with Crippen LogP contribution in [0, 0.1) is 0 Å². The molecule has 2 nitrogen and oxygen atoms in total. The van der Waals surface area contributed by atoms with Crippen LogP contribution in [0.15, 0.2) is 12.2 Å². The highest BCUT2D eigenvalue weighted by molar-refractivity contribution is 8.14. The highest BCUT2D eigenvalue weighted by Crippen LogP contribution is 2.13. The minimum atomic E-state index is 0.121. The summed E-state index contributed by atoms with van der Waals surface area (Å²) in [6, 6.07) is 0. The van der Waals surface area contributed by atoms with E-state index in [0.29, 0.717) is 12.2 Å². The first-order valence-corrected chi connectivity index (χ1v) is 6.60. The van der Waals surface area contributed by atoms with Gasteiger partial charge in [0.15, 0.2) is 0 Å². The first-order valence-electron chi connectivity index (χ1n) is 5.62. The van der Waals surface area contributed by atoms with Crippen LogP contribution in [-0.2, 0) is 4.79 Å². The summed E-state index contributed by atoms with van der Waals surface area (Å²) in [5.74, 6) is 0.908. The third-order valence-corrected chi connectivity index (χ3v) is 3.24. The van der Waals surface area contributed by atoms with Crippen LogP contribution >= 0.6 is 11.8 Å². The maximum Gasteiger partial charge on any atom is 0.214 e. The third kappa shape index (κ3) is 10.0. The molecule has 0 saturated heterocycles. The summed E-state index contributed by atoms with van der Waals surface area (Å²) >= 11 is 1.37. The van der Waals surface area contributed by atoms with Crippen molar-refractivity contribution in [2.75, 3.05) is 12.4 Å². The first-order chi connectivity index (χ1) is 7.18. The van der Waals surface area contributed by atoms with Crippen LogP contribution in [-0.4, -0.2) is 22.6 Å². The minimum absolute atomic E-state index is 0.121. The van der Waals surface area contributed by atoms with Gasteiger partial charge < -0.3 is 5.11 Å². The lowest BCUT2D eigenvalue weighted by Crippen LogP contribution is -1.93. The van der Waals surface area contributed by atoms with Crippen molar-refractivity contribution in [2.24, 2.45) is 0 Å². The van der Waals surface area contributed by atoms with Gasteiger partial charge in [0.25, 0.3) is 0 Å². The standard InChI is InChI=1S/C12H22O2S/c1-11(2)12(14)15-10-8-6-4-3-5-7-9-13/h13H,1,3-10H2,2H3. The Labute approximate surface area is 97.1 Å². The molecular weight excluding hydrogens is 208 g/mol. The molecule has 0 rings (SSSR count). The van der Waals surface area contributed by atoms with Crippen molar-refractivity contribution < 1.29 is 9.90 Å². The minimum Gasteiger partial charge on any atom is -0.396 e. The number of aliphatic hydroxyl groups excluding tert-OH is 1. The van der Waals surface area contributed by atoms with E-state index < -0.39 is 0 Å². The molecule has 1 N–H and O–H groups in total. The molecule has 0 amide bonds. The zero-order chi connectivity index (χ0) is 11.5. The second-order valence-electron chi connectivity index (χ2n) is 3.76. The average Bonchev–Trinajstić information content (AvgIpc) is 2.21. The summed E-state index contributed by atoms with van der Waals surface area (Å²) in [5, 5.41) is 8.69. The number of unbranched alkanes of at least 4 members (excludes halogenated alkanes) is 5. The quantitative estimate of drug-likeness (QED) is 0.488. The number of aliphatic hydroxyl groups is 1. The molecule has 3 heteroatoms. The summed E-state index contributed by atoms with van der Waals surface area (Å²) in [4.78, 5) is 11.2. The Morgan fingerprint density at radius 3 is 2.20 bits per heavy atom. The molecule has 0 aromatic heterocycles. The Bertz CT molecular complexity index is 190. The first kappa shape index (κ1) is 14.7. The molecule has 15 heavy (non-hydrogen) atoms. The SMILES string of the molecule is C=C(C)C(=O)SCCCCCCCCO. The van der Waals surface area contributed by atoms with Crippen LogP contribution in [0.2, 0.25) is 0 Å². The molecule has 0 saturated carbocycles. The van der Waals surface area contributed by atoms with Gasteiger partial charge in [-0.05, 0) is 25.3 Å². The molecule has 0 aliphatic heterocycles. The van der Waals surface area contributed by atoms with E-state index in [-0.39, 0.29) is 5.12 Å². The predicted octanol–water partition coefficient (Wildman–Crippen LogP) is 3.16. The summed E-state index contributed by atoms with van der Waals surface area (Å²) < 4.78 is 0. The maximum atomic E-state index is 11.2. The lowest BCUT2D eigenvalue weighted by Gasteiger charge is -2.01. The topological polar surface area (TPSA) is 37.3 Å². The predicted molar refractivity (Wildman–Crippen MR) is 67.1 cm³/mol. The van der Waals surface area contributed by atoms with Crippen LogP contribution in [0.5, 0.6) is 0 Å². The van der Waals surface area contributed by atoms with Crippen LogP contribution in [0.25, 0.3) is 0 Å². The Balaban J connectivity index is 3.11. The molecule has 0 bridgehead atoms. The monoisotopic (exact) mass is 230 g/mol. The fraction of sp³-hybridized carbons (Fsp3) is 0.750. The molecule has 0 atom stereocenters. The Hall–Kier alpha value is -0.280. The van der Waals surface area contributed by atoms with Crippen LogP contribution in [0.3, 0.4) is 0 Å². The molecule has 0 aromatic carbocycles. The van der Waals surface area contributed by atoms with Crippen molar-refractivity contribution in [3.05, 3.63) is 12.2 Å². The van der Waals surface area contributed by atoms with E-state index in [0.717, 1.165) is 25.0 Å². The van der Waals surface area contributed by atoms with Crippen molar-refractivity contribution in [3.63, 3.8) is 0 Å².